The van der Waals surface area contributed by atoms with Crippen LogP contribution in [-0.2, 0) is 10.3 Å². The first kappa shape index (κ1) is 22.0. The summed E-state index contributed by atoms with van der Waals surface area (Å²) >= 11 is 0. The molecule has 1 atom stereocenters. The molecule has 2 heterocycles. The molecular formula is C19H26ClFN4O3. The summed E-state index contributed by atoms with van der Waals surface area (Å²) in [6, 6.07) is 4.08. The van der Waals surface area contributed by atoms with E-state index in [1.807, 2.05) is 0 Å². The number of rotatable bonds is 6. The molecule has 3 rings (SSSR count). The number of benzene rings is 1. The summed E-state index contributed by atoms with van der Waals surface area (Å²) in [5, 5.41) is 10.5. The lowest BCUT2D eigenvalue weighted by atomic mass is 9.87. The van der Waals surface area contributed by atoms with Crippen LogP contribution in [0.4, 0.5) is 4.39 Å². The van der Waals surface area contributed by atoms with E-state index in [1.54, 1.807) is 36.1 Å². The van der Waals surface area contributed by atoms with Crippen molar-refractivity contribution >= 4 is 18.3 Å². The van der Waals surface area contributed by atoms with Crippen molar-refractivity contribution in [3.05, 3.63) is 42.0 Å². The van der Waals surface area contributed by atoms with Gasteiger partial charge in [-0.2, -0.15) is 5.10 Å². The molecule has 0 spiro atoms. The van der Waals surface area contributed by atoms with E-state index in [2.05, 4.69) is 15.7 Å². The maximum Gasteiger partial charge on any atom is 0.248 e. The Morgan fingerprint density at radius 1 is 1.29 bits per heavy atom. The fourth-order valence-corrected chi connectivity index (χ4v) is 3.53. The summed E-state index contributed by atoms with van der Waals surface area (Å²) in [5.74, 6) is 0.0931. The first-order chi connectivity index (χ1) is 13.0. The van der Waals surface area contributed by atoms with Gasteiger partial charge in [-0.05, 0) is 45.0 Å². The number of carbonyl (C=O) groups is 1. The van der Waals surface area contributed by atoms with Gasteiger partial charge < -0.3 is 20.1 Å². The van der Waals surface area contributed by atoms with Crippen LogP contribution in [0.3, 0.4) is 0 Å². The molecule has 1 aromatic heterocycles. The van der Waals surface area contributed by atoms with E-state index in [0.29, 0.717) is 43.0 Å². The zero-order chi connectivity index (χ0) is 19.4. The predicted octanol–water partition coefficient (Wildman–Crippen LogP) is 2.42. The SMILES string of the molecule is COc1cc(F)c(C(C)NC(=O)C2(n3cccn3)CCNCC2)cc1OC.Cl. The molecular weight excluding hydrogens is 387 g/mol. The summed E-state index contributed by atoms with van der Waals surface area (Å²) in [7, 11) is 2.94. The van der Waals surface area contributed by atoms with Gasteiger partial charge in [0.2, 0.25) is 5.91 Å². The molecule has 2 aromatic rings. The normalized spacial score (nSPS) is 16.6. The number of carbonyl (C=O) groups excluding carboxylic acids is 1. The fourth-order valence-electron chi connectivity index (χ4n) is 3.53. The predicted molar refractivity (Wildman–Crippen MR) is 106 cm³/mol. The first-order valence-corrected chi connectivity index (χ1v) is 8.95. The second-order valence-electron chi connectivity index (χ2n) is 6.66. The lowest BCUT2D eigenvalue weighted by Crippen LogP contribution is -2.55. The van der Waals surface area contributed by atoms with E-state index in [0.717, 1.165) is 0 Å². The highest BCUT2D eigenvalue weighted by atomic mass is 35.5. The van der Waals surface area contributed by atoms with Crippen LogP contribution < -0.4 is 20.1 Å². The number of amides is 1. The van der Waals surface area contributed by atoms with Crippen LogP contribution in [0.2, 0.25) is 0 Å². The van der Waals surface area contributed by atoms with Crippen LogP contribution in [-0.4, -0.2) is 43.0 Å². The van der Waals surface area contributed by atoms with Crippen LogP contribution in [0.25, 0.3) is 0 Å². The van der Waals surface area contributed by atoms with Gasteiger partial charge in [0.05, 0.1) is 20.3 Å². The molecule has 154 valence electrons. The molecule has 1 fully saturated rings. The van der Waals surface area contributed by atoms with Crippen molar-refractivity contribution in [2.24, 2.45) is 0 Å². The number of hydrogen-bond acceptors (Lipinski definition) is 5. The summed E-state index contributed by atoms with van der Waals surface area (Å²) in [4.78, 5) is 13.2. The van der Waals surface area contributed by atoms with Crippen molar-refractivity contribution in [2.75, 3.05) is 27.3 Å². The van der Waals surface area contributed by atoms with Crippen molar-refractivity contribution < 1.29 is 18.7 Å². The van der Waals surface area contributed by atoms with Crippen LogP contribution >= 0.6 is 12.4 Å². The Morgan fingerprint density at radius 3 is 2.50 bits per heavy atom. The van der Waals surface area contributed by atoms with Gasteiger partial charge in [-0.1, -0.05) is 0 Å². The highest BCUT2D eigenvalue weighted by molar-refractivity contribution is 5.85. The molecule has 1 unspecified atom stereocenters. The van der Waals surface area contributed by atoms with Gasteiger partial charge in [0.1, 0.15) is 11.4 Å². The van der Waals surface area contributed by atoms with E-state index in [4.69, 9.17) is 9.47 Å². The first-order valence-electron chi connectivity index (χ1n) is 8.95. The van der Waals surface area contributed by atoms with Gasteiger partial charge in [0.15, 0.2) is 11.5 Å². The minimum absolute atomic E-state index is 0. The average Bonchev–Trinajstić information content (AvgIpc) is 3.23. The lowest BCUT2D eigenvalue weighted by Gasteiger charge is -2.37. The number of hydrogen-bond donors (Lipinski definition) is 2. The van der Waals surface area contributed by atoms with Crippen LogP contribution in [0.1, 0.15) is 31.4 Å². The smallest absolute Gasteiger partial charge is 0.248 e. The largest absolute Gasteiger partial charge is 0.493 e. The molecule has 0 radical (unpaired) electrons. The molecule has 7 nitrogen and oxygen atoms in total. The summed E-state index contributed by atoms with van der Waals surface area (Å²) in [6.07, 6.45) is 4.68. The minimum Gasteiger partial charge on any atom is -0.493 e. The molecule has 0 saturated carbocycles. The zero-order valence-corrected chi connectivity index (χ0v) is 17.0. The maximum absolute atomic E-state index is 14.6. The van der Waals surface area contributed by atoms with Crippen LogP contribution in [0.5, 0.6) is 11.5 Å². The summed E-state index contributed by atoms with van der Waals surface area (Å²) < 4.78 is 26.6. The Bertz CT molecular complexity index is 795. The second kappa shape index (κ2) is 9.25. The molecule has 1 aliphatic heterocycles. The van der Waals surface area contributed by atoms with E-state index in [1.165, 1.54) is 20.3 Å². The summed E-state index contributed by atoms with van der Waals surface area (Å²) in [5.41, 5.74) is -0.443. The molecule has 1 aliphatic rings. The van der Waals surface area contributed by atoms with Gasteiger partial charge in [0, 0.05) is 24.0 Å². The zero-order valence-electron chi connectivity index (χ0n) is 16.2. The van der Waals surface area contributed by atoms with E-state index >= 15 is 0 Å². The molecule has 1 aromatic carbocycles. The third-order valence-electron chi connectivity index (χ3n) is 5.11. The number of methoxy groups -OCH3 is 2. The van der Waals surface area contributed by atoms with Crippen LogP contribution in [0, 0.1) is 5.82 Å². The van der Waals surface area contributed by atoms with Gasteiger partial charge >= 0.3 is 0 Å². The van der Waals surface area contributed by atoms with Gasteiger partial charge in [-0.15, -0.1) is 12.4 Å². The standard InChI is InChI=1S/C19H25FN4O3.ClH/c1-13(14-11-16(26-2)17(27-3)12-15(14)20)23-18(25)19(5-8-21-9-6-19)24-10-4-7-22-24;/h4,7,10-13,21H,5-6,8-9H2,1-3H3,(H,23,25);1H. The van der Waals surface area contributed by atoms with Crippen molar-refractivity contribution in [3.63, 3.8) is 0 Å². The molecule has 2 N–H and O–H groups in total. The number of nitrogens with one attached hydrogen (secondary N) is 2. The van der Waals surface area contributed by atoms with E-state index in [9.17, 15) is 9.18 Å². The van der Waals surface area contributed by atoms with Crippen molar-refractivity contribution in [3.8, 4) is 11.5 Å². The minimum atomic E-state index is -0.782. The molecule has 1 amide bonds. The molecule has 1 saturated heterocycles. The Balaban J connectivity index is 0.00000280. The average molecular weight is 413 g/mol. The van der Waals surface area contributed by atoms with Crippen molar-refractivity contribution in [1.82, 2.24) is 20.4 Å². The highest BCUT2D eigenvalue weighted by Crippen LogP contribution is 2.33. The van der Waals surface area contributed by atoms with Crippen LogP contribution in [0.15, 0.2) is 30.6 Å². The van der Waals surface area contributed by atoms with Crippen molar-refractivity contribution in [1.29, 1.82) is 0 Å². The lowest BCUT2D eigenvalue weighted by molar-refractivity contribution is -0.132. The maximum atomic E-state index is 14.6. The quantitative estimate of drug-likeness (QED) is 0.762. The Kier molecular flexibility index (Phi) is 7.26. The number of ether oxygens (including phenoxy) is 2. The molecule has 0 aliphatic carbocycles. The second-order valence-corrected chi connectivity index (χ2v) is 6.66. The highest BCUT2D eigenvalue weighted by Gasteiger charge is 2.42. The molecule has 0 bridgehead atoms. The van der Waals surface area contributed by atoms with Gasteiger partial charge in [-0.25, -0.2) is 4.39 Å². The topological polar surface area (TPSA) is 77.4 Å². The van der Waals surface area contributed by atoms with Crippen molar-refractivity contribution in [2.45, 2.75) is 31.3 Å². The summed E-state index contributed by atoms with van der Waals surface area (Å²) in [6.45, 7) is 3.18. The van der Waals surface area contributed by atoms with Gasteiger partial charge in [0.25, 0.3) is 0 Å². The number of piperidine rings is 1. The monoisotopic (exact) mass is 412 g/mol. The number of halogens is 2. The fraction of sp³-hybridized carbons (Fsp3) is 0.474. The van der Waals surface area contributed by atoms with E-state index in [-0.39, 0.29) is 18.3 Å². The Labute approximate surface area is 170 Å². The molecule has 28 heavy (non-hydrogen) atoms. The number of nitrogens with zero attached hydrogens (tertiary/aromatic N) is 2. The van der Waals surface area contributed by atoms with Gasteiger partial charge in [-0.3, -0.25) is 9.48 Å². The third-order valence-corrected chi connectivity index (χ3v) is 5.11. The Morgan fingerprint density at radius 2 is 1.93 bits per heavy atom. The Hall–Kier alpha value is -2.32. The third kappa shape index (κ3) is 4.07. The van der Waals surface area contributed by atoms with E-state index < -0.39 is 17.4 Å². The number of aromatic nitrogens is 2. The molecule has 9 heteroatoms.